The fourth-order valence-electron chi connectivity index (χ4n) is 1.62. The second kappa shape index (κ2) is 3.66. The van der Waals surface area contributed by atoms with Crippen LogP contribution in [-0.2, 0) is 0 Å². The summed E-state index contributed by atoms with van der Waals surface area (Å²) in [7, 11) is 0. The number of para-hydroxylation sites is 1. The molecule has 0 unspecified atom stereocenters. The number of aromatic amines is 1. The Morgan fingerprint density at radius 3 is 2.75 bits per heavy atom. The molecule has 0 saturated carbocycles. The lowest BCUT2D eigenvalue weighted by molar-refractivity contribution is 1.21. The molecule has 0 saturated heterocycles. The van der Waals surface area contributed by atoms with Crippen molar-refractivity contribution in [3.8, 4) is 0 Å². The summed E-state index contributed by atoms with van der Waals surface area (Å²) < 4.78 is 0. The minimum Gasteiger partial charge on any atom is -0.357 e. The number of rotatable bonds is 2. The molecule has 0 bridgehead atoms. The van der Waals surface area contributed by atoms with Crippen LogP contribution < -0.4 is 5.32 Å². The third-order valence-electron chi connectivity index (χ3n) is 2.38. The van der Waals surface area contributed by atoms with E-state index in [0.717, 1.165) is 22.5 Å². The van der Waals surface area contributed by atoms with Crippen molar-refractivity contribution in [2.75, 3.05) is 5.32 Å². The van der Waals surface area contributed by atoms with E-state index in [1.54, 1.807) is 6.33 Å². The van der Waals surface area contributed by atoms with Crippen LogP contribution in [0.25, 0.3) is 11.0 Å². The molecule has 3 rings (SSSR count). The molecular weight excluding hydrogens is 200 g/mol. The van der Waals surface area contributed by atoms with E-state index in [0.29, 0.717) is 0 Å². The zero-order valence-corrected chi connectivity index (χ0v) is 8.51. The van der Waals surface area contributed by atoms with Gasteiger partial charge in [0, 0.05) is 11.9 Å². The molecule has 4 nitrogen and oxygen atoms in total. The van der Waals surface area contributed by atoms with Crippen LogP contribution in [0.15, 0.2) is 48.9 Å². The minimum absolute atomic E-state index is 0.793. The van der Waals surface area contributed by atoms with Crippen molar-refractivity contribution in [2.24, 2.45) is 0 Å². The van der Waals surface area contributed by atoms with Crippen molar-refractivity contribution in [2.45, 2.75) is 0 Å². The molecular formula is C12H10N4. The molecule has 0 aliphatic rings. The van der Waals surface area contributed by atoms with Crippen molar-refractivity contribution < 1.29 is 0 Å². The lowest BCUT2D eigenvalue weighted by Gasteiger charge is -2.05. The van der Waals surface area contributed by atoms with Crippen LogP contribution in [0.1, 0.15) is 0 Å². The van der Waals surface area contributed by atoms with E-state index in [9.17, 15) is 0 Å². The van der Waals surface area contributed by atoms with Crippen LogP contribution in [0.2, 0.25) is 0 Å². The van der Waals surface area contributed by atoms with Gasteiger partial charge in [0.1, 0.15) is 11.8 Å². The largest absolute Gasteiger partial charge is 0.357 e. The molecule has 2 heterocycles. The summed E-state index contributed by atoms with van der Waals surface area (Å²) in [4.78, 5) is 11.5. The maximum Gasteiger partial charge on any atom is 0.158 e. The van der Waals surface area contributed by atoms with Gasteiger partial charge in [-0.3, -0.25) is 0 Å². The normalized spacial score (nSPS) is 10.5. The van der Waals surface area contributed by atoms with E-state index in [1.165, 1.54) is 0 Å². The van der Waals surface area contributed by atoms with Gasteiger partial charge in [-0.15, -0.1) is 0 Å². The smallest absolute Gasteiger partial charge is 0.158 e. The Morgan fingerprint density at radius 2 is 1.88 bits per heavy atom. The van der Waals surface area contributed by atoms with Gasteiger partial charge in [0.25, 0.3) is 0 Å². The van der Waals surface area contributed by atoms with Crippen molar-refractivity contribution in [3.63, 3.8) is 0 Å². The fraction of sp³-hybridized carbons (Fsp3) is 0. The molecule has 3 aromatic rings. The SMILES string of the molecule is c1ccc(Nc2ncnc3cc[nH]c23)cc1. The Balaban J connectivity index is 2.04. The number of benzene rings is 1. The zero-order chi connectivity index (χ0) is 10.8. The number of H-pyrrole nitrogens is 1. The summed E-state index contributed by atoms with van der Waals surface area (Å²) in [5.41, 5.74) is 2.84. The molecule has 0 aliphatic carbocycles. The van der Waals surface area contributed by atoms with E-state index in [4.69, 9.17) is 0 Å². The average molecular weight is 210 g/mol. The molecule has 0 fully saturated rings. The Morgan fingerprint density at radius 1 is 1.00 bits per heavy atom. The standard InChI is InChI=1S/C12H10N4/c1-2-4-9(5-3-1)16-12-11-10(6-7-13-11)14-8-15-12/h1-8,13H,(H,14,15,16). The number of nitrogens with one attached hydrogen (secondary N) is 2. The summed E-state index contributed by atoms with van der Waals surface area (Å²) in [5.74, 6) is 0.793. The summed E-state index contributed by atoms with van der Waals surface area (Å²) >= 11 is 0. The Kier molecular flexibility index (Phi) is 2.04. The molecule has 0 amide bonds. The van der Waals surface area contributed by atoms with E-state index >= 15 is 0 Å². The van der Waals surface area contributed by atoms with Crippen LogP contribution >= 0.6 is 0 Å². The Hall–Kier alpha value is -2.36. The van der Waals surface area contributed by atoms with Crippen LogP contribution in [0, 0.1) is 0 Å². The van der Waals surface area contributed by atoms with Crippen LogP contribution in [0.5, 0.6) is 0 Å². The lowest BCUT2D eigenvalue weighted by Crippen LogP contribution is -1.94. The van der Waals surface area contributed by atoms with Gasteiger partial charge in [-0.25, -0.2) is 9.97 Å². The molecule has 0 spiro atoms. The van der Waals surface area contributed by atoms with Gasteiger partial charge in [-0.05, 0) is 18.2 Å². The maximum absolute atomic E-state index is 4.22. The predicted molar refractivity (Wildman–Crippen MR) is 63.6 cm³/mol. The Labute approximate surface area is 92.4 Å². The molecule has 16 heavy (non-hydrogen) atoms. The van der Waals surface area contributed by atoms with E-state index in [2.05, 4.69) is 20.3 Å². The van der Waals surface area contributed by atoms with Crippen LogP contribution in [0.4, 0.5) is 11.5 Å². The highest BCUT2D eigenvalue weighted by Crippen LogP contribution is 2.20. The lowest BCUT2D eigenvalue weighted by atomic mass is 10.3. The topological polar surface area (TPSA) is 53.6 Å². The first-order chi connectivity index (χ1) is 7.93. The van der Waals surface area contributed by atoms with Gasteiger partial charge >= 0.3 is 0 Å². The second-order valence-electron chi connectivity index (χ2n) is 3.45. The first-order valence-corrected chi connectivity index (χ1v) is 5.03. The van der Waals surface area contributed by atoms with Crippen LogP contribution in [-0.4, -0.2) is 15.0 Å². The van der Waals surface area contributed by atoms with E-state index in [1.807, 2.05) is 42.6 Å². The number of nitrogens with zero attached hydrogens (tertiary/aromatic N) is 2. The van der Waals surface area contributed by atoms with Gasteiger partial charge in [-0.1, -0.05) is 18.2 Å². The number of aromatic nitrogens is 3. The third kappa shape index (κ3) is 1.50. The molecule has 1 aromatic carbocycles. The quantitative estimate of drug-likeness (QED) is 0.683. The summed E-state index contributed by atoms with van der Waals surface area (Å²) in [6.45, 7) is 0. The van der Waals surface area contributed by atoms with Gasteiger partial charge < -0.3 is 10.3 Å². The summed E-state index contributed by atoms with van der Waals surface area (Å²) in [6, 6.07) is 11.9. The maximum atomic E-state index is 4.22. The minimum atomic E-state index is 0.793. The first kappa shape index (κ1) is 8.91. The number of hydrogen-bond donors (Lipinski definition) is 2. The van der Waals surface area contributed by atoms with Gasteiger partial charge in [-0.2, -0.15) is 0 Å². The van der Waals surface area contributed by atoms with Gasteiger partial charge in [0.15, 0.2) is 5.82 Å². The highest BCUT2D eigenvalue weighted by molar-refractivity contribution is 5.87. The van der Waals surface area contributed by atoms with E-state index in [-0.39, 0.29) is 0 Å². The number of fused-ring (bicyclic) bond motifs is 1. The highest BCUT2D eigenvalue weighted by Gasteiger charge is 2.03. The average Bonchev–Trinajstić information content (AvgIpc) is 2.80. The van der Waals surface area contributed by atoms with Gasteiger partial charge in [0.2, 0.25) is 0 Å². The fourth-order valence-corrected chi connectivity index (χ4v) is 1.62. The molecule has 78 valence electrons. The predicted octanol–water partition coefficient (Wildman–Crippen LogP) is 2.70. The second-order valence-corrected chi connectivity index (χ2v) is 3.45. The molecule has 0 aliphatic heterocycles. The first-order valence-electron chi connectivity index (χ1n) is 5.03. The van der Waals surface area contributed by atoms with Crippen molar-refractivity contribution in [1.29, 1.82) is 0 Å². The summed E-state index contributed by atoms with van der Waals surface area (Å²) in [5, 5.41) is 3.25. The number of hydrogen-bond acceptors (Lipinski definition) is 3. The van der Waals surface area contributed by atoms with Crippen molar-refractivity contribution >= 4 is 22.5 Å². The summed E-state index contributed by atoms with van der Waals surface area (Å²) in [6.07, 6.45) is 3.41. The number of anilines is 2. The molecule has 4 heteroatoms. The molecule has 2 N–H and O–H groups in total. The zero-order valence-electron chi connectivity index (χ0n) is 8.51. The third-order valence-corrected chi connectivity index (χ3v) is 2.38. The van der Waals surface area contributed by atoms with Crippen molar-refractivity contribution in [1.82, 2.24) is 15.0 Å². The molecule has 0 atom stereocenters. The highest BCUT2D eigenvalue weighted by atomic mass is 15.0. The molecule has 2 aromatic heterocycles. The van der Waals surface area contributed by atoms with Crippen molar-refractivity contribution in [3.05, 3.63) is 48.9 Å². The Bertz CT molecular complexity index is 600. The van der Waals surface area contributed by atoms with Crippen LogP contribution in [0.3, 0.4) is 0 Å². The van der Waals surface area contributed by atoms with Gasteiger partial charge in [0.05, 0.1) is 5.52 Å². The molecule has 0 radical (unpaired) electrons. The van der Waals surface area contributed by atoms with E-state index < -0.39 is 0 Å². The monoisotopic (exact) mass is 210 g/mol.